The summed E-state index contributed by atoms with van der Waals surface area (Å²) in [6.45, 7) is 4.63. The third kappa shape index (κ3) is 4.44. The van der Waals surface area contributed by atoms with Crippen LogP contribution in [0.4, 0.5) is 0 Å². The summed E-state index contributed by atoms with van der Waals surface area (Å²) in [5.41, 5.74) is 1.55. The number of methoxy groups -OCH3 is 1. The second-order valence-electron chi connectivity index (χ2n) is 7.20. The Balaban J connectivity index is 1.63. The summed E-state index contributed by atoms with van der Waals surface area (Å²) in [5, 5.41) is 0. The molecule has 27 heavy (non-hydrogen) atoms. The summed E-state index contributed by atoms with van der Waals surface area (Å²) in [4.78, 5) is 14.5. The molecular formula is C19H29N3O4S. The molecule has 1 aromatic rings. The molecule has 3 rings (SSSR count). The fourth-order valence-corrected chi connectivity index (χ4v) is 5.36. The van der Waals surface area contributed by atoms with Crippen LogP contribution in [0.15, 0.2) is 18.2 Å². The summed E-state index contributed by atoms with van der Waals surface area (Å²) in [7, 11) is -1.84. The van der Waals surface area contributed by atoms with Crippen molar-refractivity contribution in [1.82, 2.24) is 13.5 Å². The van der Waals surface area contributed by atoms with Gasteiger partial charge in [-0.05, 0) is 37.5 Å². The molecular weight excluding hydrogens is 366 g/mol. The highest BCUT2D eigenvalue weighted by Gasteiger charge is 2.33. The molecule has 2 saturated heterocycles. The zero-order valence-electron chi connectivity index (χ0n) is 16.2. The average Bonchev–Trinajstić information content (AvgIpc) is 2.98. The Morgan fingerprint density at radius 1 is 0.926 bits per heavy atom. The highest BCUT2D eigenvalue weighted by atomic mass is 32.2. The Morgan fingerprint density at radius 2 is 1.52 bits per heavy atom. The van der Waals surface area contributed by atoms with Crippen molar-refractivity contribution in [1.29, 1.82) is 0 Å². The molecule has 0 radical (unpaired) electrons. The quantitative estimate of drug-likeness (QED) is 0.781. The molecule has 0 unspecified atom stereocenters. The van der Waals surface area contributed by atoms with E-state index in [4.69, 9.17) is 4.74 Å². The van der Waals surface area contributed by atoms with Gasteiger partial charge in [0.25, 0.3) is 16.1 Å². The van der Waals surface area contributed by atoms with Crippen LogP contribution in [0.2, 0.25) is 0 Å². The molecule has 0 spiro atoms. The minimum Gasteiger partial charge on any atom is -0.496 e. The fourth-order valence-electron chi connectivity index (χ4n) is 3.69. The smallest absolute Gasteiger partial charge is 0.282 e. The maximum Gasteiger partial charge on any atom is 0.282 e. The van der Waals surface area contributed by atoms with Crippen LogP contribution in [0.25, 0.3) is 0 Å². The number of carbonyl (C=O) groups excluding carboxylic acids is 1. The molecule has 0 bridgehead atoms. The van der Waals surface area contributed by atoms with Gasteiger partial charge in [-0.1, -0.05) is 18.9 Å². The summed E-state index contributed by atoms with van der Waals surface area (Å²) >= 11 is 0. The van der Waals surface area contributed by atoms with Crippen molar-refractivity contribution < 1.29 is 17.9 Å². The lowest BCUT2D eigenvalue weighted by atomic mass is 10.1. The van der Waals surface area contributed by atoms with Gasteiger partial charge in [-0.25, -0.2) is 0 Å². The molecule has 2 aliphatic heterocycles. The molecule has 2 aliphatic rings. The number of carbonyl (C=O) groups is 1. The first-order chi connectivity index (χ1) is 12.9. The van der Waals surface area contributed by atoms with Crippen molar-refractivity contribution in [3.8, 4) is 5.75 Å². The standard InChI is InChI=1S/C19H29N3O4S/c1-16-7-8-17(15-18(16)26-2)19(23)20-11-13-22(14-12-20)27(24,25)21-9-5-3-4-6-10-21/h7-8,15H,3-6,9-14H2,1-2H3. The van der Waals surface area contributed by atoms with E-state index in [2.05, 4.69) is 0 Å². The lowest BCUT2D eigenvalue weighted by Crippen LogP contribution is -2.54. The maximum atomic E-state index is 12.9. The van der Waals surface area contributed by atoms with Gasteiger partial charge in [0.2, 0.25) is 0 Å². The minimum absolute atomic E-state index is 0.0832. The van der Waals surface area contributed by atoms with Gasteiger partial charge in [0.15, 0.2) is 0 Å². The lowest BCUT2D eigenvalue weighted by Gasteiger charge is -2.36. The molecule has 0 atom stereocenters. The van der Waals surface area contributed by atoms with Crippen LogP contribution in [0.3, 0.4) is 0 Å². The zero-order chi connectivity index (χ0) is 19.4. The SMILES string of the molecule is COc1cc(C(=O)N2CCN(S(=O)(=O)N3CCCCCC3)CC2)ccc1C. The van der Waals surface area contributed by atoms with E-state index < -0.39 is 10.2 Å². The minimum atomic E-state index is -3.43. The molecule has 0 aromatic heterocycles. The van der Waals surface area contributed by atoms with Crippen LogP contribution in [0.1, 0.15) is 41.6 Å². The third-order valence-electron chi connectivity index (χ3n) is 5.40. The van der Waals surface area contributed by atoms with Crippen LogP contribution >= 0.6 is 0 Å². The summed E-state index contributed by atoms with van der Waals surface area (Å²) in [5.74, 6) is 0.600. The Kier molecular flexibility index (Phi) is 6.39. The molecule has 150 valence electrons. The first kappa shape index (κ1) is 20.1. The number of amides is 1. The van der Waals surface area contributed by atoms with Crippen LogP contribution in [0, 0.1) is 6.92 Å². The summed E-state index contributed by atoms with van der Waals surface area (Å²) in [6.07, 6.45) is 4.03. The van der Waals surface area contributed by atoms with Crippen molar-refractivity contribution >= 4 is 16.1 Å². The number of hydrogen-bond acceptors (Lipinski definition) is 4. The zero-order valence-corrected chi connectivity index (χ0v) is 17.0. The molecule has 0 N–H and O–H groups in total. The van der Waals surface area contributed by atoms with Gasteiger partial charge in [-0.15, -0.1) is 0 Å². The molecule has 1 amide bonds. The third-order valence-corrected chi connectivity index (χ3v) is 7.43. The van der Waals surface area contributed by atoms with Crippen molar-refractivity contribution in [2.45, 2.75) is 32.6 Å². The Morgan fingerprint density at radius 3 is 2.11 bits per heavy atom. The Labute approximate surface area is 162 Å². The first-order valence-corrected chi connectivity index (χ1v) is 11.0. The maximum absolute atomic E-state index is 12.9. The van der Waals surface area contributed by atoms with E-state index in [9.17, 15) is 13.2 Å². The van der Waals surface area contributed by atoms with Crippen molar-refractivity contribution in [3.05, 3.63) is 29.3 Å². The topological polar surface area (TPSA) is 70.2 Å². The second kappa shape index (κ2) is 8.58. The normalized spacial score (nSPS) is 20.3. The summed E-state index contributed by atoms with van der Waals surface area (Å²) < 4.78 is 34.2. The van der Waals surface area contributed by atoms with Crippen LogP contribution < -0.4 is 4.74 Å². The largest absolute Gasteiger partial charge is 0.496 e. The van der Waals surface area contributed by atoms with E-state index in [0.717, 1.165) is 31.2 Å². The van der Waals surface area contributed by atoms with E-state index in [1.165, 1.54) is 4.31 Å². The van der Waals surface area contributed by atoms with Gasteiger partial charge in [0.1, 0.15) is 5.75 Å². The average molecular weight is 396 g/mol. The van der Waals surface area contributed by atoms with E-state index >= 15 is 0 Å². The predicted molar refractivity (Wildman–Crippen MR) is 104 cm³/mol. The van der Waals surface area contributed by atoms with E-state index in [1.807, 2.05) is 13.0 Å². The van der Waals surface area contributed by atoms with Gasteiger partial charge in [-0.3, -0.25) is 4.79 Å². The number of benzene rings is 1. The predicted octanol–water partition coefficient (Wildman–Crippen LogP) is 1.88. The molecule has 8 heteroatoms. The highest BCUT2D eigenvalue weighted by Crippen LogP contribution is 2.22. The van der Waals surface area contributed by atoms with Crippen molar-refractivity contribution in [3.63, 3.8) is 0 Å². The monoisotopic (exact) mass is 395 g/mol. The van der Waals surface area contributed by atoms with Gasteiger partial charge in [0, 0.05) is 44.8 Å². The number of piperazine rings is 1. The van der Waals surface area contributed by atoms with Crippen LogP contribution in [-0.2, 0) is 10.2 Å². The Bertz CT molecular complexity index is 765. The first-order valence-electron chi connectivity index (χ1n) is 9.62. The van der Waals surface area contributed by atoms with E-state index in [0.29, 0.717) is 50.6 Å². The number of aryl methyl sites for hydroxylation is 1. The molecule has 2 heterocycles. The van der Waals surface area contributed by atoms with Crippen LogP contribution in [-0.4, -0.2) is 74.2 Å². The molecule has 1 aromatic carbocycles. The van der Waals surface area contributed by atoms with Gasteiger partial charge < -0.3 is 9.64 Å². The van der Waals surface area contributed by atoms with Crippen LogP contribution in [0.5, 0.6) is 5.75 Å². The van der Waals surface area contributed by atoms with E-state index in [-0.39, 0.29) is 5.91 Å². The molecule has 7 nitrogen and oxygen atoms in total. The van der Waals surface area contributed by atoms with Gasteiger partial charge in [-0.2, -0.15) is 17.0 Å². The molecule has 0 aliphatic carbocycles. The number of ether oxygens (including phenoxy) is 1. The van der Waals surface area contributed by atoms with Gasteiger partial charge >= 0.3 is 0 Å². The lowest BCUT2D eigenvalue weighted by molar-refractivity contribution is 0.0693. The molecule has 0 saturated carbocycles. The summed E-state index contributed by atoms with van der Waals surface area (Å²) in [6, 6.07) is 5.41. The molecule has 2 fully saturated rings. The Hall–Kier alpha value is -1.64. The van der Waals surface area contributed by atoms with Gasteiger partial charge in [0.05, 0.1) is 7.11 Å². The van der Waals surface area contributed by atoms with Crippen molar-refractivity contribution in [2.75, 3.05) is 46.4 Å². The number of hydrogen-bond donors (Lipinski definition) is 0. The number of rotatable bonds is 4. The van der Waals surface area contributed by atoms with Crippen molar-refractivity contribution in [2.24, 2.45) is 0 Å². The second-order valence-corrected chi connectivity index (χ2v) is 9.13. The highest BCUT2D eigenvalue weighted by molar-refractivity contribution is 7.86. The fraction of sp³-hybridized carbons (Fsp3) is 0.632. The van der Waals surface area contributed by atoms with E-state index in [1.54, 1.807) is 28.4 Å². The number of nitrogens with zero attached hydrogens (tertiary/aromatic N) is 3.